The standard InChI is InChI=1S/C22H22N4O3S/c1-13(2)14-3-5-15(6-4-14)22-25-21(29-26-22)10-9-19(27)23-16-7-8-18-17(11-16)24-20(28)12-30-18/h3-8,11,13H,9-10,12H2,1-2H3,(H,23,27)(H,24,28). The van der Waals surface area contributed by atoms with Crippen LogP contribution in [0.4, 0.5) is 11.4 Å². The fraction of sp³-hybridized carbons (Fsp3) is 0.273. The van der Waals surface area contributed by atoms with Gasteiger partial charge in [-0.2, -0.15) is 4.98 Å². The number of benzene rings is 2. The molecule has 30 heavy (non-hydrogen) atoms. The Bertz CT molecular complexity index is 1080. The number of carbonyl (C=O) groups is 2. The van der Waals surface area contributed by atoms with E-state index in [0.717, 1.165) is 16.1 Å². The number of carbonyl (C=O) groups excluding carboxylic acids is 2. The first-order valence-corrected chi connectivity index (χ1v) is 10.8. The van der Waals surface area contributed by atoms with E-state index in [9.17, 15) is 9.59 Å². The number of aryl methyl sites for hydroxylation is 1. The molecule has 0 bridgehead atoms. The van der Waals surface area contributed by atoms with Crippen LogP contribution in [0.1, 0.15) is 37.6 Å². The number of amides is 2. The van der Waals surface area contributed by atoms with E-state index in [1.54, 1.807) is 6.07 Å². The van der Waals surface area contributed by atoms with Crippen molar-refractivity contribution in [3.05, 3.63) is 53.9 Å². The number of anilines is 2. The van der Waals surface area contributed by atoms with Crippen LogP contribution in [0.5, 0.6) is 0 Å². The highest BCUT2D eigenvalue weighted by atomic mass is 32.2. The van der Waals surface area contributed by atoms with Gasteiger partial charge in [0.2, 0.25) is 23.5 Å². The van der Waals surface area contributed by atoms with Crippen molar-refractivity contribution >= 4 is 35.0 Å². The Kier molecular flexibility index (Phi) is 5.85. The topological polar surface area (TPSA) is 97.1 Å². The molecule has 2 N–H and O–H groups in total. The van der Waals surface area contributed by atoms with E-state index in [1.165, 1.54) is 17.3 Å². The summed E-state index contributed by atoms with van der Waals surface area (Å²) in [5, 5.41) is 9.68. The lowest BCUT2D eigenvalue weighted by atomic mass is 10.0. The van der Waals surface area contributed by atoms with E-state index in [4.69, 9.17) is 4.52 Å². The lowest BCUT2D eigenvalue weighted by Gasteiger charge is -2.17. The minimum absolute atomic E-state index is 0.0398. The van der Waals surface area contributed by atoms with Crippen LogP contribution in [-0.2, 0) is 16.0 Å². The van der Waals surface area contributed by atoms with Gasteiger partial charge in [-0.05, 0) is 29.7 Å². The molecule has 0 unspecified atom stereocenters. The smallest absolute Gasteiger partial charge is 0.234 e. The molecule has 154 valence electrons. The van der Waals surface area contributed by atoms with Crippen LogP contribution in [0.25, 0.3) is 11.4 Å². The number of aromatic nitrogens is 2. The molecule has 0 atom stereocenters. The highest BCUT2D eigenvalue weighted by molar-refractivity contribution is 8.00. The van der Waals surface area contributed by atoms with Gasteiger partial charge in [0.1, 0.15) is 0 Å². The van der Waals surface area contributed by atoms with Crippen molar-refractivity contribution in [2.24, 2.45) is 0 Å². The maximum Gasteiger partial charge on any atom is 0.234 e. The molecular formula is C22H22N4O3S. The molecule has 0 aliphatic carbocycles. The van der Waals surface area contributed by atoms with Gasteiger partial charge >= 0.3 is 0 Å². The van der Waals surface area contributed by atoms with Gasteiger partial charge in [-0.15, -0.1) is 11.8 Å². The first-order chi connectivity index (χ1) is 14.5. The van der Waals surface area contributed by atoms with E-state index in [1.807, 2.05) is 24.3 Å². The van der Waals surface area contributed by atoms with Crippen LogP contribution in [0.3, 0.4) is 0 Å². The number of fused-ring (bicyclic) bond motifs is 1. The number of rotatable bonds is 6. The maximum atomic E-state index is 12.3. The van der Waals surface area contributed by atoms with Crippen molar-refractivity contribution in [2.45, 2.75) is 37.5 Å². The average Bonchev–Trinajstić information content (AvgIpc) is 3.21. The van der Waals surface area contributed by atoms with Gasteiger partial charge in [-0.3, -0.25) is 9.59 Å². The highest BCUT2D eigenvalue weighted by Crippen LogP contribution is 2.33. The molecule has 1 aromatic heterocycles. The molecule has 1 aliphatic heterocycles. The van der Waals surface area contributed by atoms with Crippen LogP contribution < -0.4 is 10.6 Å². The normalized spacial score (nSPS) is 13.1. The second-order valence-electron chi connectivity index (χ2n) is 7.38. The van der Waals surface area contributed by atoms with Crippen molar-refractivity contribution in [2.75, 3.05) is 16.4 Å². The second-order valence-corrected chi connectivity index (χ2v) is 8.40. The van der Waals surface area contributed by atoms with E-state index < -0.39 is 0 Å². The molecule has 4 rings (SSSR count). The average molecular weight is 423 g/mol. The van der Waals surface area contributed by atoms with E-state index in [2.05, 4.69) is 46.8 Å². The van der Waals surface area contributed by atoms with Gasteiger partial charge in [-0.25, -0.2) is 0 Å². The van der Waals surface area contributed by atoms with Crippen LogP contribution >= 0.6 is 11.8 Å². The Morgan fingerprint density at radius 1 is 1.23 bits per heavy atom. The summed E-state index contributed by atoms with van der Waals surface area (Å²) in [6.45, 7) is 4.29. The van der Waals surface area contributed by atoms with Crippen LogP contribution in [-0.4, -0.2) is 27.7 Å². The summed E-state index contributed by atoms with van der Waals surface area (Å²) in [6.07, 6.45) is 0.562. The number of nitrogens with one attached hydrogen (secondary N) is 2. The molecular weight excluding hydrogens is 400 g/mol. The van der Waals surface area contributed by atoms with Crippen LogP contribution in [0.15, 0.2) is 51.9 Å². The Morgan fingerprint density at radius 2 is 2.03 bits per heavy atom. The Morgan fingerprint density at radius 3 is 2.80 bits per heavy atom. The first-order valence-electron chi connectivity index (χ1n) is 9.77. The van der Waals surface area contributed by atoms with Crippen molar-refractivity contribution in [1.29, 1.82) is 0 Å². The zero-order valence-corrected chi connectivity index (χ0v) is 17.6. The molecule has 0 saturated heterocycles. The van der Waals surface area contributed by atoms with Crippen molar-refractivity contribution in [3.63, 3.8) is 0 Å². The molecule has 1 aliphatic rings. The van der Waals surface area contributed by atoms with Crippen molar-refractivity contribution in [3.8, 4) is 11.4 Å². The predicted molar refractivity (Wildman–Crippen MR) is 117 cm³/mol. The zero-order chi connectivity index (χ0) is 21.1. The summed E-state index contributed by atoms with van der Waals surface area (Å²) in [5.74, 6) is 1.61. The van der Waals surface area contributed by atoms with Crippen molar-refractivity contribution in [1.82, 2.24) is 10.1 Å². The van der Waals surface area contributed by atoms with Gasteiger partial charge in [0.15, 0.2) is 0 Å². The summed E-state index contributed by atoms with van der Waals surface area (Å²) < 4.78 is 5.29. The summed E-state index contributed by atoms with van der Waals surface area (Å²) in [4.78, 5) is 29.2. The summed E-state index contributed by atoms with van der Waals surface area (Å²) in [7, 11) is 0. The third-order valence-corrected chi connectivity index (χ3v) is 5.84. The molecule has 0 fully saturated rings. The van der Waals surface area contributed by atoms with Gasteiger partial charge in [-0.1, -0.05) is 43.3 Å². The molecule has 8 heteroatoms. The minimum atomic E-state index is -0.161. The SMILES string of the molecule is CC(C)c1ccc(-c2noc(CCC(=O)Nc3ccc4c(c3)NC(=O)CS4)n2)cc1. The Labute approximate surface area is 178 Å². The largest absolute Gasteiger partial charge is 0.339 e. The summed E-state index contributed by atoms with van der Waals surface area (Å²) in [5.41, 5.74) is 3.49. The zero-order valence-electron chi connectivity index (χ0n) is 16.8. The number of nitrogens with zero attached hydrogens (tertiary/aromatic N) is 2. The Balaban J connectivity index is 1.33. The number of hydrogen-bond donors (Lipinski definition) is 2. The Hall–Kier alpha value is -3.13. The minimum Gasteiger partial charge on any atom is -0.339 e. The van der Waals surface area contributed by atoms with Crippen molar-refractivity contribution < 1.29 is 14.1 Å². The number of hydrogen-bond acceptors (Lipinski definition) is 6. The lowest BCUT2D eigenvalue weighted by Crippen LogP contribution is -2.19. The van der Waals surface area contributed by atoms with Crippen LogP contribution in [0.2, 0.25) is 0 Å². The number of thioether (sulfide) groups is 1. The van der Waals surface area contributed by atoms with E-state index in [-0.39, 0.29) is 18.2 Å². The van der Waals surface area contributed by atoms with Gasteiger partial charge in [0, 0.05) is 29.0 Å². The summed E-state index contributed by atoms with van der Waals surface area (Å²) in [6, 6.07) is 13.6. The monoisotopic (exact) mass is 422 g/mol. The lowest BCUT2D eigenvalue weighted by molar-refractivity contribution is -0.116. The molecule has 2 aromatic carbocycles. The molecule has 2 amide bonds. The molecule has 7 nitrogen and oxygen atoms in total. The molecule has 3 aromatic rings. The van der Waals surface area contributed by atoms with E-state index >= 15 is 0 Å². The quantitative estimate of drug-likeness (QED) is 0.608. The second kappa shape index (κ2) is 8.71. The molecule has 0 spiro atoms. The van der Waals surface area contributed by atoms with Gasteiger partial charge in [0.25, 0.3) is 0 Å². The fourth-order valence-electron chi connectivity index (χ4n) is 3.10. The third-order valence-electron chi connectivity index (χ3n) is 4.77. The summed E-state index contributed by atoms with van der Waals surface area (Å²) >= 11 is 1.48. The fourth-order valence-corrected chi connectivity index (χ4v) is 3.88. The highest BCUT2D eigenvalue weighted by Gasteiger charge is 2.16. The molecule has 2 heterocycles. The van der Waals surface area contributed by atoms with Gasteiger partial charge < -0.3 is 15.2 Å². The predicted octanol–water partition coefficient (Wildman–Crippen LogP) is 4.48. The molecule has 0 saturated carbocycles. The maximum absolute atomic E-state index is 12.3. The van der Waals surface area contributed by atoms with Crippen LogP contribution in [0, 0.1) is 0 Å². The van der Waals surface area contributed by atoms with Gasteiger partial charge in [0.05, 0.1) is 11.4 Å². The first kappa shape index (κ1) is 20.2. The molecule has 0 radical (unpaired) electrons. The van der Waals surface area contributed by atoms with E-state index in [0.29, 0.717) is 35.5 Å². The third kappa shape index (κ3) is 4.71.